The van der Waals surface area contributed by atoms with Crippen LogP contribution in [-0.4, -0.2) is 50.6 Å². The van der Waals surface area contributed by atoms with Crippen molar-refractivity contribution in [2.45, 2.75) is 6.92 Å². The molecule has 0 unspecified atom stereocenters. The zero-order valence-corrected chi connectivity index (χ0v) is 16.8. The molecule has 0 saturated heterocycles. The molecule has 8 nitrogen and oxygen atoms in total. The van der Waals surface area contributed by atoms with Gasteiger partial charge in [-0.2, -0.15) is 0 Å². The number of pyridine rings is 1. The smallest absolute Gasteiger partial charge is 0.238 e. The first-order valence-electron chi connectivity index (χ1n) is 9.45. The maximum atomic E-state index is 12.3. The molecule has 0 saturated carbocycles. The Morgan fingerprint density at radius 1 is 0.897 bits per heavy atom. The van der Waals surface area contributed by atoms with Crippen LogP contribution < -0.4 is 26.0 Å². The predicted octanol–water partition coefficient (Wildman–Crippen LogP) is 2.10. The molecule has 0 spiro atoms. The van der Waals surface area contributed by atoms with Crippen molar-refractivity contribution in [2.75, 3.05) is 44.4 Å². The number of carbonyl (C=O) groups excluding carboxylic acids is 2. The number of benzene rings is 2. The first-order valence-corrected chi connectivity index (χ1v) is 9.45. The number of hydrogen-bond acceptors (Lipinski definition) is 6. The maximum absolute atomic E-state index is 12.3. The largest absolute Gasteiger partial charge is 0.494 e. The molecule has 1 aromatic heterocycles. The summed E-state index contributed by atoms with van der Waals surface area (Å²) in [5.41, 5.74) is 2.71. The molecule has 0 fully saturated rings. The highest BCUT2D eigenvalue weighted by Gasteiger charge is 2.14. The molecule has 4 N–H and O–H groups in total. The molecular formula is C21H25N5O3. The van der Waals surface area contributed by atoms with Gasteiger partial charge in [0.2, 0.25) is 11.8 Å². The van der Waals surface area contributed by atoms with Crippen molar-refractivity contribution in [3.05, 3.63) is 36.4 Å². The van der Waals surface area contributed by atoms with E-state index in [0.717, 1.165) is 22.0 Å². The van der Waals surface area contributed by atoms with Crippen LogP contribution in [0.5, 0.6) is 5.75 Å². The minimum Gasteiger partial charge on any atom is -0.494 e. The lowest BCUT2D eigenvalue weighted by Crippen LogP contribution is -2.25. The van der Waals surface area contributed by atoms with E-state index in [1.54, 1.807) is 20.2 Å². The van der Waals surface area contributed by atoms with Gasteiger partial charge in [0.15, 0.2) is 0 Å². The fourth-order valence-electron chi connectivity index (χ4n) is 3.10. The van der Waals surface area contributed by atoms with E-state index in [-0.39, 0.29) is 24.9 Å². The molecule has 2 aromatic carbocycles. The number of carbonyl (C=O) groups is 2. The molecule has 1 heterocycles. The van der Waals surface area contributed by atoms with Gasteiger partial charge in [-0.15, -0.1) is 0 Å². The summed E-state index contributed by atoms with van der Waals surface area (Å²) >= 11 is 0. The molecule has 29 heavy (non-hydrogen) atoms. The molecule has 2 amide bonds. The normalized spacial score (nSPS) is 10.9. The number of hydrogen-bond donors (Lipinski definition) is 4. The molecule has 152 valence electrons. The molecule has 3 rings (SSSR count). The van der Waals surface area contributed by atoms with Gasteiger partial charge >= 0.3 is 0 Å². The zero-order chi connectivity index (χ0) is 20.8. The quantitative estimate of drug-likeness (QED) is 0.436. The number of anilines is 2. The van der Waals surface area contributed by atoms with Crippen LogP contribution in [0.1, 0.15) is 6.92 Å². The molecule has 0 bridgehead atoms. The Labute approximate surface area is 169 Å². The van der Waals surface area contributed by atoms with Gasteiger partial charge < -0.3 is 26.0 Å². The van der Waals surface area contributed by atoms with Crippen molar-refractivity contribution in [1.29, 1.82) is 0 Å². The Morgan fingerprint density at radius 2 is 1.62 bits per heavy atom. The molecule has 0 radical (unpaired) electrons. The van der Waals surface area contributed by atoms with Gasteiger partial charge in [-0.3, -0.25) is 9.59 Å². The number of ether oxygens (including phenoxy) is 1. The summed E-state index contributed by atoms with van der Waals surface area (Å²) in [6, 6.07) is 11.0. The number of amides is 2. The molecule has 3 aromatic rings. The van der Waals surface area contributed by atoms with Crippen molar-refractivity contribution in [1.82, 2.24) is 15.6 Å². The number of likely N-dealkylation sites (N-methyl/N-ethyl adjacent to an activating group) is 2. The highest BCUT2D eigenvalue weighted by atomic mass is 16.5. The van der Waals surface area contributed by atoms with Gasteiger partial charge in [-0.25, -0.2) is 4.98 Å². The highest BCUT2D eigenvalue weighted by Crippen LogP contribution is 2.34. The van der Waals surface area contributed by atoms with Gasteiger partial charge in [0.25, 0.3) is 0 Å². The van der Waals surface area contributed by atoms with Gasteiger partial charge in [0, 0.05) is 22.5 Å². The van der Waals surface area contributed by atoms with Crippen molar-refractivity contribution in [2.24, 2.45) is 0 Å². The van der Waals surface area contributed by atoms with Crippen molar-refractivity contribution < 1.29 is 14.3 Å². The Bertz CT molecular complexity index is 1050. The van der Waals surface area contributed by atoms with Crippen molar-refractivity contribution in [3.63, 3.8) is 0 Å². The molecule has 0 atom stereocenters. The average molecular weight is 395 g/mol. The van der Waals surface area contributed by atoms with Crippen LogP contribution in [-0.2, 0) is 9.59 Å². The SMILES string of the molecule is CCOc1ccc2c(NC(=O)CNC)c3cc(NC(=O)CNC)ccc3nc2c1. The fourth-order valence-corrected chi connectivity index (χ4v) is 3.10. The third-order valence-electron chi connectivity index (χ3n) is 4.28. The summed E-state index contributed by atoms with van der Waals surface area (Å²) in [5, 5.41) is 13.0. The van der Waals surface area contributed by atoms with E-state index in [2.05, 4.69) is 21.3 Å². The molecule has 0 aliphatic rings. The van der Waals surface area contributed by atoms with Crippen LogP contribution in [0.4, 0.5) is 11.4 Å². The number of rotatable bonds is 8. The van der Waals surface area contributed by atoms with Crippen LogP contribution in [0.25, 0.3) is 21.8 Å². The lowest BCUT2D eigenvalue weighted by Gasteiger charge is -2.14. The summed E-state index contributed by atoms with van der Waals surface area (Å²) < 4.78 is 5.58. The number of nitrogens with zero attached hydrogens (tertiary/aromatic N) is 1. The van der Waals surface area contributed by atoms with E-state index >= 15 is 0 Å². The molecule has 8 heteroatoms. The average Bonchev–Trinajstić information content (AvgIpc) is 2.68. The zero-order valence-electron chi connectivity index (χ0n) is 16.8. The summed E-state index contributed by atoms with van der Waals surface area (Å²) in [6.07, 6.45) is 0. The predicted molar refractivity (Wildman–Crippen MR) is 116 cm³/mol. The Morgan fingerprint density at radius 3 is 2.31 bits per heavy atom. The monoisotopic (exact) mass is 395 g/mol. The molecular weight excluding hydrogens is 370 g/mol. The summed E-state index contributed by atoms with van der Waals surface area (Å²) in [6.45, 7) is 2.87. The fraction of sp³-hybridized carbons (Fsp3) is 0.286. The lowest BCUT2D eigenvalue weighted by atomic mass is 10.1. The van der Waals surface area contributed by atoms with E-state index in [4.69, 9.17) is 9.72 Å². The standard InChI is InChI=1S/C21H25N5O3/c1-4-29-14-6-7-15-18(10-14)25-17-8-5-13(24-19(27)11-22-2)9-16(17)21(15)26-20(28)12-23-3/h5-10,22-23H,4,11-12H2,1-3H3,(H,24,27)(H,25,26,28). The number of aromatic nitrogens is 1. The van der Waals surface area contributed by atoms with Crippen LogP contribution in [0, 0.1) is 0 Å². The highest BCUT2D eigenvalue weighted by molar-refractivity contribution is 6.14. The molecule has 0 aliphatic carbocycles. The third kappa shape index (κ3) is 4.79. The maximum Gasteiger partial charge on any atom is 0.238 e. The Hall–Kier alpha value is -3.23. The Balaban J connectivity index is 2.14. The van der Waals surface area contributed by atoms with Gasteiger partial charge in [-0.1, -0.05) is 0 Å². The summed E-state index contributed by atoms with van der Waals surface area (Å²) in [5.74, 6) is 0.401. The van der Waals surface area contributed by atoms with Gasteiger partial charge in [0.05, 0.1) is 36.4 Å². The second kappa shape index (κ2) is 9.31. The van der Waals surface area contributed by atoms with Crippen LogP contribution in [0.3, 0.4) is 0 Å². The number of nitrogens with one attached hydrogen (secondary N) is 4. The minimum atomic E-state index is -0.167. The van der Waals surface area contributed by atoms with E-state index in [1.807, 2.05) is 37.3 Å². The lowest BCUT2D eigenvalue weighted by molar-refractivity contribution is -0.116. The Kier molecular flexibility index (Phi) is 6.58. The topological polar surface area (TPSA) is 104 Å². The van der Waals surface area contributed by atoms with Crippen LogP contribution >= 0.6 is 0 Å². The van der Waals surface area contributed by atoms with E-state index in [0.29, 0.717) is 23.5 Å². The van der Waals surface area contributed by atoms with Crippen molar-refractivity contribution in [3.8, 4) is 5.75 Å². The molecule has 0 aliphatic heterocycles. The van der Waals surface area contributed by atoms with Crippen LogP contribution in [0.15, 0.2) is 36.4 Å². The van der Waals surface area contributed by atoms with Crippen molar-refractivity contribution >= 4 is 45.0 Å². The summed E-state index contributed by atoms with van der Waals surface area (Å²) in [7, 11) is 3.42. The van der Waals surface area contributed by atoms with E-state index in [1.165, 1.54) is 0 Å². The third-order valence-corrected chi connectivity index (χ3v) is 4.28. The first-order chi connectivity index (χ1) is 14.0. The minimum absolute atomic E-state index is 0.150. The first kappa shape index (κ1) is 20.5. The van der Waals surface area contributed by atoms with E-state index in [9.17, 15) is 9.59 Å². The van der Waals surface area contributed by atoms with Gasteiger partial charge in [0.1, 0.15) is 5.75 Å². The van der Waals surface area contributed by atoms with Gasteiger partial charge in [-0.05, 0) is 51.4 Å². The summed E-state index contributed by atoms with van der Waals surface area (Å²) in [4.78, 5) is 29.0. The second-order valence-electron chi connectivity index (χ2n) is 6.49. The second-order valence-corrected chi connectivity index (χ2v) is 6.49. The van der Waals surface area contributed by atoms with Crippen LogP contribution in [0.2, 0.25) is 0 Å². The number of fused-ring (bicyclic) bond motifs is 2. The van der Waals surface area contributed by atoms with E-state index < -0.39 is 0 Å².